The zero-order valence-electron chi connectivity index (χ0n) is 12.1. The second kappa shape index (κ2) is 6.31. The third kappa shape index (κ3) is 2.88. The Morgan fingerprint density at radius 3 is 2.74 bits per heavy atom. The number of methoxy groups -OCH3 is 1. The van der Waals surface area contributed by atoms with Gasteiger partial charge >= 0.3 is 0 Å². The Morgan fingerprint density at radius 1 is 1.26 bits per heavy atom. The van der Waals surface area contributed by atoms with Crippen molar-refractivity contribution in [1.29, 1.82) is 0 Å². The summed E-state index contributed by atoms with van der Waals surface area (Å²) in [4.78, 5) is 26.2. The van der Waals surface area contributed by atoms with Crippen LogP contribution in [0.5, 0.6) is 5.75 Å². The lowest BCUT2D eigenvalue weighted by Gasteiger charge is -2.29. The van der Waals surface area contributed by atoms with Gasteiger partial charge in [-0.05, 0) is 52.8 Å². The maximum atomic E-state index is 12.8. The number of ether oxygens (including phenoxy) is 1. The van der Waals surface area contributed by atoms with Crippen molar-refractivity contribution >= 4 is 52.2 Å². The fraction of sp³-hybridized carbons (Fsp3) is 0.0625. The van der Waals surface area contributed by atoms with E-state index in [1.165, 1.54) is 23.3 Å². The first-order valence-corrected chi connectivity index (χ1v) is 8.03. The molecule has 0 atom stereocenters. The molecule has 23 heavy (non-hydrogen) atoms. The van der Waals surface area contributed by atoms with Gasteiger partial charge in [0.1, 0.15) is 11.3 Å². The molecule has 0 aliphatic carbocycles. The molecule has 5 nitrogen and oxygen atoms in total. The summed E-state index contributed by atoms with van der Waals surface area (Å²) in [7, 11) is 1.51. The molecule has 1 saturated heterocycles. The van der Waals surface area contributed by atoms with E-state index in [2.05, 4.69) is 5.32 Å². The molecule has 2 amide bonds. The Kier molecular flexibility index (Phi) is 4.22. The monoisotopic (exact) mass is 344 g/mol. The van der Waals surface area contributed by atoms with E-state index in [0.29, 0.717) is 11.4 Å². The van der Waals surface area contributed by atoms with Crippen LogP contribution in [0.25, 0.3) is 6.08 Å². The highest BCUT2D eigenvalue weighted by Gasteiger charge is 2.35. The molecule has 2 heterocycles. The van der Waals surface area contributed by atoms with E-state index >= 15 is 0 Å². The summed E-state index contributed by atoms with van der Waals surface area (Å²) in [6, 6.07) is 8.83. The van der Waals surface area contributed by atoms with E-state index in [4.69, 9.17) is 17.0 Å². The van der Waals surface area contributed by atoms with Crippen molar-refractivity contribution in [1.82, 2.24) is 5.32 Å². The average molecular weight is 344 g/mol. The maximum Gasteiger partial charge on any atom is 0.270 e. The number of carbonyl (C=O) groups is 2. The summed E-state index contributed by atoms with van der Waals surface area (Å²) < 4.78 is 5.28. The number of thiophene rings is 1. The molecule has 1 aromatic heterocycles. The Labute approximate surface area is 142 Å². The molecule has 116 valence electrons. The van der Waals surface area contributed by atoms with Crippen LogP contribution in [-0.4, -0.2) is 24.0 Å². The minimum Gasteiger partial charge on any atom is -0.495 e. The minimum absolute atomic E-state index is 0.0305. The van der Waals surface area contributed by atoms with Gasteiger partial charge in [-0.1, -0.05) is 12.1 Å². The molecular formula is C16H12N2O3S2. The first-order chi connectivity index (χ1) is 11.1. The fourth-order valence-corrected chi connectivity index (χ4v) is 3.11. The fourth-order valence-electron chi connectivity index (χ4n) is 2.21. The van der Waals surface area contributed by atoms with Gasteiger partial charge in [0.25, 0.3) is 11.8 Å². The molecule has 2 aromatic rings. The Hall–Kier alpha value is -2.51. The van der Waals surface area contributed by atoms with Crippen LogP contribution in [0.1, 0.15) is 5.56 Å². The first-order valence-electron chi connectivity index (χ1n) is 6.68. The largest absolute Gasteiger partial charge is 0.495 e. The highest BCUT2D eigenvalue weighted by molar-refractivity contribution is 7.80. The molecule has 1 fully saturated rings. The summed E-state index contributed by atoms with van der Waals surface area (Å²) in [5.41, 5.74) is 1.31. The van der Waals surface area contributed by atoms with Gasteiger partial charge in [-0.2, -0.15) is 11.3 Å². The minimum atomic E-state index is -0.502. The number of anilines is 1. The normalized spacial score (nSPS) is 16.7. The molecular weight excluding hydrogens is 332 g/mol. The summed E-state index contributed by atoms with van der Waals surface area (Å²) >= 11 is 6.65. The van der Waals surface area contributed by atoms with Crippen LogP contribution in [0.3, 0.4) is 0 Å². The van der Waals surface area contributed by atoms with Gasteiger partial charge in [0.2, 0.25) is 0 Å². The lowest BCUT2D eigenvalue weighted by molar-refractivity contribution is -0.122. The van der Waals surface area contributed by atoms with Crippen LogP contribution in [0, 0.1) is 0 Å². The second-order valence-electron chi connectivity index (χ2n) is 4.69. The van der Waals surface area contributed by atoms with Crippen molar-refractivity contribution in [2.24, 2.45) is 0 Å². The molecule has 0 spiro atoms. The van der Waals surface area contributed by atoms with E-state index in [1.54, 1.807) is 30.3 Å². The van der Waals surface area contributed by atoms with Crippen molar-refractivity contribution in [3.8, 4) is 5.75 Å². The quantitative estimate of drug-likeness (QED) is 0.528. The smallest absolute Gasteiger partial charge is 0.270 e. The Morgan fingerprint density at radius 2 is 2.04 bits per heavy atom. The number of para-hydroxylation sites is 2. The van der Waals surface area contributed by atoms with Crippen molar-refractivity contribution in [2.75, 3.05) is 12.0 Å². The Bertz CT molecular complexity index is 812. The highest BCUT2D eigenvalue weighted by Crippen LogP contribution is 2.30. The van der Waals surface area contributed by atoms with Crippen LogP contribution < -0.4 is 15.0 Å². The number of nitrogens with one attached hydrogen (secondary N) is 1. The molecule has 1 N–H and O–H groups in total. The summed E-state index contributed by atoms with van der Waals surface area (Å²) in [6.07, 6.45) is 1.55. The zero-order valence-corrected chi connectivity index (χ0v) is 13.7. The van der Waals surface area contributed by atoms with Gasteiger partial charge in [-0.25, -0.2) is 4.90 Å². The van der Waals surface area contributed by atoms with Crippen LogP contribution in [0.4, 0.5) is 5.69 Å². The number of carbonyl (C=O) groups excluding carboxylic acids is 2. The number of rotatable bonds is 3. The SMILES string of the molecule is COc1ccccc1N1C(=O)/C(=C/c2ccsc2)C(=O)NC1=S. The van der Waals surface area contributed by atoms with Gasteiger partial charge in [-0.3, -0.25) is 14.9 Å². The first kappa shape index (κ1) is 15.4. The van der Waals surface area contributed by atoms with Crippen LogP contribution in [0.15, 0.2) is 46.7 Å². The van der Waals surface area contributed by atoms with Crippen LogP contribution in [-0.2, 0) is 9.59 Å². The number of thiocarbonyl (C=S) groups is 1. The predicted octanol–water partition coefficient (Wildman–Crippen LogP) is 2.59. The van der Waals surface area contributed by atoms with Crippen molar-refractivity contribution < 1.29 is 14.3 Å². The number of hydrogen-bond donors (Lipinski definition) is 1. The molecule has 1 aliphatic heterocycles. The third-order valence-electron chi connectivity index (χ3n) is 3.28. The van der Waals surface area contributed by atoms with E-state index in [0.717, 1.165) is 5.56 Å². The molecule has 0 radical (unpaired) electrons. The molecule has 7 heteroatoms. The summed E-state index contributed by atoms with van der Waals surface area (Å²) in [5.74, 6) is -0.485. The van der Waals surface area contributed by atoms with Gasteiger partial charge in [0, 0.05) is 0 Å². The van der Waals surface area contributed by atoms with E-state index in [-0.39, 0.29) is 10.7 Å². The number of benzene rings is 1. The molecule has 1 aliphatic rings. The summed E-state index contributed by atoms with van der Waals surface area (Å²) in [6.45, 7) is 0. The zero-order chi connectivity index (χ0) is 16.4. The van der Waals surface area contributed by atoms with E-state index in [9.17, 15) is 9.59 Å². The molecule has 0 bridgehead atoms. The summed E-state index contributed by atoms with van der Waals surface area (Å²) in [5, 5.41) is 6.31. The number of nitrogens with zero attached hydrogens (tertiary/aromatic N) is 1. The van der Waals surface area contributed by atoms with E-state index in [1.807, 2.05) is 16.8 Å². The van der Waals surface area contributed by atoms with Crippen LogP contribution in [0.2, 0.25) is 0 Å². The van der Waals surface area contributed by atoms with E-state index < -0.39 is 11.8 Å². The predicted molar refractivity (Wildman–Crippen MR) is 93.5 cm³/mol. The second-order valence-corrected chi connectivity index (χ2v) is 5.85. The van der Waals surface area contributed by atoms with Crippen molar-refractivity contribution in [2.45, 2.75) is 0 Å². The topological polar surface area (TPSA) is 58.6 Å². The lowest BCUT2D eigenvalue weighted by atomic mass is 10.1. The van der Waals surface area contributed by atoms with Gasteiger partial charge in [0.15, 0.2) is 5.11 Å². The third-order valence-corrected chi connectivity index (χ3v) is 4.27. The number of amides is 2. The standard InChI is InChI=1S/C16H12N2O3S2/c1-21-13-5-3-2-4-12(13)18-15(20)11(14(19)17-16(18)22)8-10-6-7-23-9-10/h2-9H,1H3,(H,17,19,22)/b11-8+. The van der Waals surface area contributed by atoms with Gasteiger partial charge < -0.3 is 4.74 Å². The molecule has 1 aromatic carbocycles. The molecule has 3 rings (SSSR count). The van der Waals surface area contributed by atoms with Gasteiger partial charge in [-0.15, -0.1) is 0 Å². The molecule has 0 unspecified atom stereocenters. The van der Waals surface area contributed by atoms with Crippen molar-refractivity contribution in [3.63, 3.8) is 0 Å². The maximum absolute atomic E-state index is 12.8. The molecule has 0 saturated carbocycles. The van der Waals surface area contributed by atoms with Crippen LogP contribution >= 0.6 is 23.6 Å². The Balaban J connectivity index is 2.05. The lowest BCUT2D eigenvalue weighted by Crippen LogP contribution is -2.54. The average Bonchev–Trinajstić information content (AvgIpc) is 3.05. The number of hydrogen-bond acceptors (Lipinski definition) is 5. The highest BCUT2D eigenvalue weighted by atomic mass is 32.1. The van der Waals surface area contributed by atoms with Crippen molar-refractivity contribution in [3.05, 3.63) is 52.2 Å². The van der Waals surface area contributed by atoms with Gasteiger partial charge in [0.05, 0.1) is 12.8 Å².